The van der Waals surface area contributed by atoms with Crippen LogP contribution in [0.2, 0.25) is 0 Å². The van der Waals surface area contributed by atoms with Crippen LogP contribution in [0.3, 0.4) is 0 Å². The van der Waals surface area contributed by atoms with Gasteiger partial charge in [-0.3, -0.25) is 4.57 Å². The van der Waals surface area contributed by atoms with Gasteiger partial charge in [0, 0.05) is 37.9 Å². The molecule has 0 saturated carbocycles. The summed E-state index contributed by atoms with van der Waals surface area (Å²) in [6.45, 7) is 0. The third-order valence-corrected chi connectivity index (χ3v) is 11.8. The largest absolute Gasteiger partial charge is 0.308 e. The van der Waals surface area contributed by atoms with Gasteiger partial charge in [0.2, 0.25) is 0 Å². The van der Waals surface area contributed by atoms with Crippen molar-refractivity contribution in [2.45, 2.75) is 6.42 Å². The summed E-state index contributed by atoms with van der Waals surface area (Å²) in [4.78, 5) is 11.3. The molecular weight excluding hydrogens is 645 g/mol. The summed E-state index contributed by atoms with van der Waals surface area (Å²) in [6, 6.07) is 57.5. The summed E-state index contributed by atoms with van der Waals surface area (Å²) in [6.07, 6.45) is 0.916. The molecule has 0 unspecified atom stereocenters. The van der Waals surface area contributed by atoms with Crippen molar-refractivity contribution in [3.63, 3.8) is 0 Å². The van der Waals surface area contributed by atoms with Crippen LogP contribution in [0.5, 0.6) is 0 Å². The maximum absolute atomic E-state index is 5.68. The number of benzene rings is 8. The van der Waals surface area contributed by atoms with Crippen molar-refractivity contribution in [2.24, 2.45) is 0 Å². The Morgan fingerprint density at radius 1 is 0.434 bits per heavy atom. The first-order valence-corrected chi connectivity index (χ1v) is 18.3. The van der Waals surface area contributed by atoms with Crippen molar-refractivity contribution in [2.75, 3.05) is 0 Å². The molecule has 0 bridgehead atoms. The second-order valence-corrected chi connectivity index (χ2v) is 14.5. The third-order valence-electron chi connectivity index (χ3n) is 11.8. The quantitative estimate of drug-likeness (QED) is 0.171. The Labute approximate surface area is 303 Å². The van der Waals surface area contributed by atoms with E-state index in [9.17, 15) is 0 Å². The second-order valence-electron chi connectivity index (χ2n) is 14.5. The maximum atomic E-state index is 5.68. The monoisotopic (exact) mass is 672 g/mol. The molecule has 0 N–H and O–H groups in total. The fourth-order valence-corrected chi connectivity index (χ4v) is 9.72. The van der Waals surface area contributed by atoms with Gasteiger partial charge < -0.3 is 4.40 Å². The molecule has 0 amide bonds. The van der Waals surface area contributed by atoms with Gasteiger partial charge in [0.25, 0.3) is 0 Å². The van der Waals surface area contributed by atoms with Crippen LogP contribution in [0.4, 0.5) is 0 Å². The van der Waals surface area contributed by atoms with Gasteiger partial charge in [-0.1, -0.05) is 127 Å². The fourth-order valence-electron chi connectivity index (χ4n) is 9.72. The smallest absolute Gasteiger partial charge is 0.165 e. The molecule has 4 aromatic heterocycles. The van der Waals surface area contributed by atoms with Gasteiger partial charge in [-0.25, -0.2) is 9.97 Å². The molecular formula is C49H28N4. The third kappa shape index (κ3) is 3.46. The predicted molar refractivity (Wildman–Crippen MR) is 220 cm³/mol. The van der Waals surface area contributed by atoms with E-state index in [1.807, 2.05) is 0 Å². The normalized spacial score (nSPS) is 12.8. The van der Waals surface area contributed by atoms with Crippen LogP contribution in [0.15, 0.2) is 158 Å². The molecule has 4 heterocycles. The molecule has 13 rings (SSSR count). The van der Waals surface area contributed by atoms with Crippen LogP contribution in [0.25, 0.3) is 110 Å². The van der Waals surface area contributed by atoms with Gasteiger partial charge in [-0.15, -0.1) is 0 Å². The molecule has 0 spiro atoms. The number of nitrogens with zero attached hydrogens (tertiary/aromatic N) is 4. The minimum atomic E-state index is 0.844. The van der Waals surface area contributed by atoms with E-state index >= 15 is 0 Å². The average molecular weight is 673 g/mol. The van der Waals surface area contributed by atoms with E-state index in [0.29, 0.717) is 0 Å². The van der Waals surface area contributed by atoms with Gasteiger partial charge in [0.05, 0.1) is 38.6 Å². The number of aromatic nitrogens is 4. The first-order chi connectivity index (χ1) is 26.3. The predicted octanol–water partition coefficient (Wildman–Crippen LogP) is 12.3. The Morgan fingerprint density at radius 2 is 1.08 bits per heavy atom. The standard InChI is InChI=1S/C49H28N4/c1-4-15-32-28(11-1)25-26-38-46(32)51-47(37-20-7-13-30-27-29-12-2-3-14-31(29)43(30)37)49(50-38)53-40-22-9-17-34-36-19-8-18-35-33-16-5-6-21-39(33)52(48(35)36)41-23-10-24-42(53)45(41)44(34)40/h1-26H,27H2. The van der Waals surface area contributed by atoms with E-state index in [1.165, 1.54) is 71.1 Å². The topological polar surface area (TPSA) is 35.1 Å². The van der Waals surface area contributed by atoms with Gasteiger partial charge in [-0.2, -0.15) is 0 Å². The summed E-state index contributed by atoms with van der Waals surface area (Å²) < 4.78 is 4.89. The molecule has 8 aromatic carbocycles. The Bertz CT molecular complexity index is 3550. The van der Waals surface area contributed by atoms with Gasteiger partial charge in [-0.05, 0) is 69.8 Å². The molecule has 12 aromatic rings. The fraction of sp³-hybridized carbons (Fsp3) is 0.0204. The lowest BCUT2D eigenvalue weighted by Gasteiger charge is -2.17. The van der Waals surface area contributed by atoms with Crippen LogP contribution in [-0.2, 0) is 6.42 Å². The van der Waals surface area contributed by atoms with Crippen LogP contribution in [0, 0.1) is 0 Å². The second kappa shape index (κ2) is 9.84. The Balaban J connectivity index is 1.25. The van der Waals surface area contributed by atoms with E-state index in [-0.39, 0.29) is 0 Å². The maximum Gasteiger partial charge on any atom is 0.165 e. The van der Waals surface area contributed by atoms with Crippen molar-refractivity contribution >= 4 is 81.7 Å². The molecule has 244 valence electrons. The number of hydrogen-bond acceptors (Lipinski definition) is 2. The Kier molecular flexibility index (Phi) is 5.14. The van der Waals surface area contributed by atoms with Crippen molar-refractivity contribution in [1.29, 1.82) is 0 Å². The van der Waals surface area contributed by atoms with Crippen molar-refractivity contribution in [1.82, 2.24) is 18.9 Å². The summed E-state index contributed by atoms with van der Waals surface area (Å²) in [5.74, 6) is 0.844. The molecule has 0 radical (unpaired) electrons. The number of fused-ring (bicyclic) bond motifs is 11. The highest BCUT2D eigenvalue weighted by molar-refractivity contribution is 6.31. The highest BCUT2D eigenvalue weighted by atomic mass is 15.1. The van der Waals surface area contributed by atoms with E-state index in [0.717, 1.165) is 56.3 Å². The zero-order valence-electron chi connectivity index (χ0n) is 28.5. The highest BCUT2D eigenvalue weighted by Gasteiger charge is 2.28. The zero-order valence-corrected chi connectivity index (χ0v) is 28.5. The summed E-state index contributed by atoms with van der Waals surface area (Å²) >= 11 is 0. The van der Waals surface area contributed by atoms with Crippen molar-refractivity contribution in [3.8, 4) is 28.2 Å². The molecule has 1 aliphatic carbocycles. The molecule has 4 heteroatoms. The van der Waals surface area contributed by atoms with E-state index < -0.39 is 0 Å². The van der Waals surface area contributed by atoms with Crippen LogP contribution >= 0.6 is 0 Å². The van der Waals surface area contributed by atoms with E-state index in [4.69, 9.17) is 9.97 Å². The highest BCUT2D eigenvalue weighted by Crippen LogP contribution is 2.47. The average Bonchev–Trinajstić information content (AvgIpc) is 3.85. The van der Waals surface area contributed by atoms with Crippen molar-refractivity contribution < 1.29 is 0 Å². The SMILES string of the molecule is c1ccc2c(c1)Cc1cccc(-c3nc4c(ccc5ccccc54)nc3-n3c4cccc5c6cccc7c8ccccc8n(c8cccc3c8c54)c67)c1-2. The minimum Gasteiger partial charge on any atom is -0.308 e. The summed E-state index contributed by atoms with van der Waals surface area (Å²) in [5.41, 5.74) is 14.9. The zero-order chi connectivity index (χ0) is 34.4. The van der Waals surface area contributed by atoms with Gasteiger partial charge in [0.15, 0.2) is 5.82 Å². The van der Waals surface area contributed by atoms with Crippen molar-refractivity contribution in [3.05, 3.63) is 169 Å². The molecule has 0 saturated heterocycles. The van der Waals surface area contributed by atoms with E-state index in [1.54, 1.807) is 0 Å². The molecule has 0 aliphatic heterocycles. The van der Waals surface area contributed by atoms with Crippen LogP contribution in [0.1, 0.15) is 11.1 Å². The lowest BCUT2D eigenvalue weighted by Crippen LogP contribution is -2.05. The molecule has 1 aliphatic rings. The first kappa shape index (κ1) is 27.7. The number of para-hydroxylation sites is 2. The number of rotatable bonds is 2. The first-order valence-electron chi connectivity index (χ1n) is 18.3. The molecule has 53 heavy (non-hydrogen) atoms. The number of hydrogen-bond donors (Lipinski definition) is 0. The summed E-state index contributed by atoms with van der Waals surface area (Å²) in [5, 5.41) is 9.77. The van der Waals surface area contributed by atoms with Crippen LogP contribution in [-0.4, -0.2) is 18.9 Å². The molecule has 4 nitrogen and oxygen atoms in total. The van der Waals surface area contributed by atoms with Gasteiger partial charge in [0.1, 0.15) is 5.69 Å². The lowest BCUT2D eigenvalue weighted by molar-refractivity contribution is 1.08. The minimum absolute atomic E-state index is 0.844. The molecule has 0 fully saturated rings. The summed E-state index contributed by atoms with van der Waals surface area (Å²) in [7, 11) is 0. The Morgan fingerprint density at radius 3 is 2.02 bits per heavy atom. The van der Waals surface area contributed by atoms with E-state index in [2.05, 4.69) is 167 Å². The molecule has 0 atom stereocenters. The van der Waals surface area contributed by atoms with Gasteiger partial charge >= 0.3 is 0 Å². The Hall–Kier alpha value is -7.04. The lowest BCUT2D eigenvalue weighted by atomic mass is 9.96. The van der Waals surface area contributed by atoms with Crippen LogP contribution < -0.4 is 0 Å².